The first-order valence-corrected chi connectivity index (χ1v) is 6.74. The largest absolute Gasteiger partial charge is 0.352 e. The van der Waals surface area contributed by atoms with E-state index in [0.29, 0.717) is 0 Å². The second kappa shape index (κ2) is 6.90. The highest BCUT2D eigenvalue weighted by atomic mass is 16.1. The highest BCUT2D eigenvalue weighted by molar-refractivity contribution is 5.19. The molecule has 3 heteroatoms. The molecule has 2 rings (SSSR count). The fraction of sp³-hybridized carbons (Fsp3) is 0.312. The van der Waals surface area contributed by atoms with Crippen LogP contribution in [0.15, 0.2) is 59.7 Å². The van der Waals surface area contributed by atoms with Gasteiger partial charge in [-0.3, -0.25) is 4.79 Å². The van der Waals surface area contributed by atoms with Crippen LogP contribution in [0.3, 0.4) is 0 Å². The molecule has 0 aliphatic carbocycles. The van der Waals surface area contributed by atoms with Gasteiger partial charge in [0, 0.05) is 31.1 Å². The van der Waals surface area contributed by atoms with E-state index in [4.69, 9.17) is 0 Å². The third kappa shape index (κ3) is 4.07. The average molecular weight is 256 g/mol. The van der Waals surface area contributed by atoms with E-state index in [-0.39, 0.29) is 11.5 Å². The molecule has 0 fully saturated rings. The van der Waals surface area contributed by atoms with E-state index in [1.165, 1.54) is 5.56 Å². The van der Waals surface area contributed by atoms with Crippen LogP contribution < -0.4 is 10.7 Å². The van der Waals surface area contributed by atoms with Crippen molar-refractivity contribution >= 4 is 0 Å². The number of benzene rings is 1. The van der Waals surface area contributed by atoms with Gasteiger partial charge in [-0.15, -0.1) is 0 Å². The van der Waals surface area contributed by atoms with Crippen LogP contribution in [0.1, 0.15) is 24.9 Å². The van der Waals surface area contributed by atoms with Gasteiger partial charge >= 0.3 is 0 Å². The minimum atomic E-state index is 0.0500. The quantitative estimate of drug-likeness (QED) is 0.862. The lowest BCUT2D eigenvalue weighted by Gasteiger charge is -2.20. The van der Waals surface area contributed by atoms with Crippen LogP contribution in [0.25, 0.3) is 0 Å². The monoisotopic (exact) mass is 256 g/mol. The first-order valence-electron chi connectivity index (χ1n) is 6.74. The van der Waals surface area contributed by atoms with E-state index < -0.39 is 0 Å². The predicted molar refractivity (Wildman–Crippen MR) is 78.2 cm³/mol. The maximum Gasteiger partial charge on any atom is 0.181 e. The zero-order chi connectivity index (χ0) is 13.5. The molecule has 1 N–H and O–H groups in total. The maximum absolute atomic E-state index is 11.1. The van der Waals surface area contributed by atoms with Crippen LogP contribution in [-0.2, 0) is 6.54 Å². The van der Waals surface area contributed by atoms with E-state index in [0.717, 1.165) is 19.5 Å². The molecular weight excluding hydrogens is 236 g/mol. The molecule has 1 aromatic heterocycles. The van der Waals surface area contributed by atoms with Gasteiger partial charge in [0.2, 0.25) is 0 Å². The SMILES string of the molecule is CCCNC(Cn1ccc(=O)cc1)c1ccccc1. The first-order chi connectivity index (χ1) is 9.29. The summed E-state index contributed by atoms with van der Waals surface area (Å²) in [5.74, 6) is 0. The Kier molecular flexibility index (Phi) is 4.93. The number of hydrogen-bond donors (Lipinski definition) is 1. The Morgan fingerprint density at radius 2 is 1.79 bits per heavy atom. The molecule has 1 heterocycles. The smallest absolute Gasteiger partial charge is 0.181 e. The lowest BCUT2D eigenvalue weighted by molar-refractivity contribution is 0.462. The van der Waals surface area contributed by atoms with Crippen molar-refractivity contribution in [1.29, 1.82) is 0 Å². The van der Waals surface area contributed by atoms with E-state index in [9.17, 15) is 4.79 Å². The van der Waals surface area contributed by atoms with Crippen molar-refractivity contribution in [2.24, 2.45) is 0 Å². The molecule has 0 spiro atoms. The van der Waals surface area contributed by atoms with E-state index in [1.54, 1.807) is 12.1 Å². The molecule has 1 atom stereocenters. The van der Waals surface area contributed by atoms with Gasteiger partial charge in [0.05, 0.1) is 6.04 Å². The van der Waals surface area contributed by atoms with E-state index in [2.05, 4.69) is 36.5 Å². The fourth-order valence-electron chi connectivity index (χ4n) is 2.07. The molecule has 0 saturated heterocycles. The third-order valence-corrected chi connectivity index (χ3v) is 3.10. The lowest BCUT2D eigenvalue weighted by atomic mass is 10.1. The molecule has 100 valence electrons. The topological polar surface area (TPSA) is 34.0 Å². The van der Waals surface area contributed by atoms with Gasteiger partial charge in [0.15, 0.2) is 5.43 Å². The molecule has 0 bridgehead atoms. The summed E-state index contributed by atoms with van der Waals surface area (Å²) in [4.78, 5) is 11.1. The summed E-state index contributed by atoms with van der Waals surface area (Å²) >= 11 is 0. The molecule has 3 nitrogen and oxygen atoms in total. The van der Waals surface area contributed by atoms with Gasteiger partial charge in [-0.1, -0.05) is 37.3 Å². The molecule has 19 heavy (non-hydrogen) atoms. The standard InChI is InChI=1S/C16H20N2O/c1-2-10-17-16(14-6-4-3-5-7-14)13-18-11-8-15(19)9-12-18/h3-9,11-12,16-17H,2,10,13H2,1H3. The van der Waals surface area contributed by atoms with Crippen molar-refractivity contribution in [2.75, 3.05) is 6.54 Å². The summed E-state index contributed by atoms with van der Waals surface area (Å²) in [6.45, 7) is 3.97. The summed E-state index contributed by atoms with van der Waals surface area (Å²) < 4.78 is 2.04. The number of hydrogen-bond acceptors (Lipinski definition) is 2. The molecule has 2 aromatic rings. The van der Waals surface area contributed by atoms with Crippen molar-refractivity contribution in [3.05, 3.63) is 70.6 Å². The summed E-state index contributed by atoms with van der Waals surface area (Å²) in [6.07, 6.45) is 4.78. The molecular formula is C16H20N2O. The van der Waals surface area contributed by atoms with Gasteiger partial charge < -0.3 is 9.88 Å². The molecule has 1 aromatic carbocycles. The third-order valence-electron chi connectivity index (χ3n) is 3.10. The Balaban J connectivity index is 2.14. The van der Waals surface area contributed by atoms with Crippen LogP contribution in [-0.4, -0.2) is 11.1 Å². The fourth-order valence-corrected chi connectivity index (χ4v) is 2.07. The number of aromatic nitrogens is 1. The maximum atomic E-state index is 11.1. The second-order valence-corrected chi connectivity index (χ2v) is 4.65. The number of rotatable bonds is 6. The molecule has 0 radical (unpaired) electrons. The van der Waals surface area contributed by atoms with Crippen LogP contribution >= 0.6 is 0 Å². The zero-order valence-corrected chi connectivity index (χ0v) is 11.3. The number of pyridine rings is 1. The Labute approximate surface area is 113 Å². The van der Waals surface area contributed by atoms with Gasteiger partial charge in [-0.05, 0) is 18.5 Å². The Bertz CT molecular complexity index is 528. The van der Waals surface area contributed by atoms with Gasteiger partial charge in [-0.2, -0.15) is 0 Å². The van der Waals surface area contributed by atoms with Gasteiger partial charge in [0.25, 0.3) is 0 Å². The highest BCUT2D eigenvalue weighted by Gasteiger charge is 2.10. The van der Waals surface area contributed by atoms with Crippen molar-refractivity contribution in [3.63, 3.8) is 0 Å². The Morgan fingerprint density at radius 3 is 2.42 bits per heavy atom. The molecule has 0 saturated carbocycles. The average Bonchev–Trinajstić information content (AvgIpc) is 2.46. The van der Waals surface area contributed by atoms with Crippen molar-refractivity contribution in [2.45, 2.75) is 25.9 Å². The Morgan fingerprint density at radius 1 is 1.11 bits per heavy atom. The zero-order valence-electron chi connectivity index (χ0n) is 11.3. The van der Waals surface area contributed by atoms with Crippen LogP contribution in [0.4, 0.5) is 0 Å². The highest BCUT2D eigenvalue weighted by Crippen LogP contribution is 2.14. The van der Waals surface area contributed by atoms with Crippen LogP contribution in [0.2, 0.25) is 0 Å². The number of nitrogens with zero attached hydrogens (tertiary/aromatic N) is 1. The first kappa shape index (κ1) is 13.6. The molecule has 0 aliphatic rings. The van der Waals surface area contributed by atoms with Crippen LogP contribution in [0.5, 0.6) is 0 Å². The van der Waals surface area contributed by atoms with Gasteiger partial charge in [-0.25, -0.2) is 0 Å². The summed E-state index contributed by atoms with van der Waals surface area (Å²) in [5.41, 5.74) is 1.32. The van der Waals surface area contributed by atoms with Crippen LogP contribution in [0, 0.1) is 0 Å². The molecule has 0 aliphatic heterocycles. The second-order valence-electron chi connectivity index (χ2n) is 4.65. The van der Waals surface area contributed by atoms with Crippen molar-refractivity contribution < 1.29 is 0 Å². The van der Waals surface area contributed by atoms with Crippen molar-refractivity contribution in [1.82, 2.24) is 9.88 Å². The predicted octanol–water partition coefficient (Wildman–Crippen LogP) is 2.59. The minimum absolute atomic E-state index is 0.0500. The summed E-state index contributed by atoms with van der Waals surface area (Å²) in [6, 6.07) is 13.9. The number of nitrogens with one attached hydrogen (secondary N) is 1. The normalized spacial score (nSPS) is 12.3. The van der Waals surface area contributed by atoms with Crippen molar-refractivity contribution in [3.8, 4) is 0 Å². The molecule has 0 amide bonds. The van der Waals surface area contributed by atoms with E-state index in [1.807, 2.05) is 23.0 Å². The minimum Gasteiger partial charge on any atom is -0.352 e. The summed E-state index contributed by atoms with van der Waals surface area (Å²) in [5, 5.41) is 3.55. The lowest BCUT2D eigenvalue weighted by Crippen LogP contribution is -2.26. The Hall–Kier alpha value is -1.87. The molecule has 1 unspecified atom stereocenters. The van der Waals surface area contributed by atoms with Gasteiger partial charge in [0.1, 0.15) is 0 Å². The van der Waals surface area contributed by atoms with E-state index >= 15 is 0 Å². The summed E-state index contributed by atoms with van der Waals surface area (Å²) in [7, 11) is 0.